The molecule has 0 N–H and O–H groups in total. The largest absolute Gasteiger partial charge is 0.462 e. The lowest BCUT2D eigenvalue weighted by molar-refractivity contribution is -0.227. The number of para-hydroxylation sites is 1. The molecule has 130 valence electrons. The van der Waals surface area contributed by atoms with Crippen LogP contribution in [0.3, 0.4) is 0 Å². The van der Waals surface area contributed by atoms with E-state index in [9.17, 15) is 9.18 Å². The number of fused-ring (bicyclic) bond motifs is 1. The predicted octanol–water partition coefficient (Wildman–Crippen LogP) is 3.30. The van der Waals surface area contributed by atoms with Crippen molar-refractivity contribution < 1.29 is 18.7 Å². The lowest BCUT2D eigenvalue weighted by atomic mass is 10.0. The van der Waals surface area contributed by atoms with Crippen molar-refractivity contribution >= 4 is 5.91 Å². The van der Waals surface area contributed by atoms with Crippen LogP contribution in [0.25, 0.3) is 0 Å². The van der Waals surface area contributed by atoms with Gasteiger partial charge in [-0.15, -0.1) is 0 Å². The highest BCUT2D eigenvalue weighted by molar-refractivity contribution is 5.78. The zero-order valence-electron chi connectivity index (χ0n) is 13.9. The van der Waals surface area contributed by atoms with E-state index in [4.69, 9.17) is 9.47 Å². The molecule has 5 heteroatoms. The lowest BCUT2D eigenvalue weighted by Gasteiger charge is -2.44. The maximum atomic E-state index is 13.0. The van der Waals surface area contributed by atoms with Gasteiger partial charge in [0.05, 0.1) is 13.0 Å². The van der Waals surface area contributed by atoms with E-state index >= 15 is 0 Å². The average molecular weight is 341 g/mol. The Morgan fingerprint density at radius 3 is 2.56 bits per heavy atom. The van der Waals surface area contributed by atoms with Crippen LogP contribution in [-0.4, -0.2) is 29.7 Å². The minimum absolute atomic E-state index is 0.0534. The van der Waals surface area contributed by atoms with Gasteiger partial charge in [-0.3, -0.25) is 4.79 Å². The molecule has 2 aromatic carbocycles. The molecule has 0 bridgehead atoms. The first-order valence-electron chi connectivity index (χ1n) is 8.57. The minimum Gasteiger partial charge on any atom is -0.462 e. The standard InChI is InChI=1S/C20H20FNO3/c21-17-7-5-15(6-8-17)13-19(23)22-11-9-20(10-12-22)24-14-16-3-1-2-4-18(16)25-20/h1-8H,9-14H2. The molecule has 0 aromatic heterocycles. The zero-order valence-corrected chi connectivity index (χ0v) is 13.9. The summed E-state index contributed by atoms with van der Waals surface area (Å²) in [7, 11) is 0. The Morgan fingerprint density at radius 1 is 1.08 bits per heavy atom. The monoisotopic (exact) mass is 341 g/mol. The Bertz CT molecular complexity index is 767. The minimum atomic E-state index is -0.624. The molecule has 2 aliphatic heterocycles. The van der Waals surface area contributed by atoms with Gasteiger partial charge in [0.2, 0.25) is 11.7 Å². The van der Waals surface area contributed by atoms with E-state index in [0.29, 0.717) is 32.5 Å². The summed E-state index contributed by atoms with van der Waals surface area (Å²) in [6, 6.07) is 14.0. The zero-order chi connectivity index (χ0) is 17.3. The lowest BCUT2D eigenvalue weighted by Crippen LogP contribution is -2.52. The molecule has 4 rings (SSSR count). The van der Waals surface area contributed by atoms with Crippen LogP contribution in [0, 0.1) is 5.82 Å². The Balaban J connectivity index is 1.37. The van der Waals surface area contributed by atoms with Gasteiger partial charge in [0, 0.05) is 31.5 Å². The number of nitrogens with zero attached hydrogens (tertiary/aromatic N) is 1. The molecule has 1 amide bonds. The van der Waals surface area contributed by atoms with E-state index in [1.807, 2.05) is 29.2 Å². The van der Waals surface area contributed by atoms with Crippen molar-refractivity contribution in [3.8, 4) is 5.75 Å². The van der Waals surface area contributed by atoms with Gasteiger partial charge in [-0.25, -0.2) is 4.39 Å². The number of carbonyl (C=O) groups excluding carboxylic acids is 1. The topological polar surface area (TPSA) is 38.8 Å². The highest BCUT2D eigenvalue weighted by Crippen LogP contribution is 2.37. The number of halogens is 1. The van der Waals surface area contributed by atoms with E-state index in [1.165, 1.54) is 12.1 Å². The highest BCUT2D eigenvalue weighted by Gasteiger charge is 2.41. The quantitative estimate of drug-likeness (QED) is 0.841. The summed E-state index contributed by atoms with van der Waals surface area (Å²) in [4.78, 5) is 14.3. The smallest absolute Gasteiger partial charge is 0.226 e. The van der Waals surface area contributed by atoms with Gasteiger partial charge in [-0.2, -0.15) is 0 Å². The van der Waals surface area contributed by atoms with Crippen molar-refractivity contribution in [1.29, 1.82) is 0 Å². The van der Waals surface area contributed by atoms with Crippen LogP contribution in [-0.2, 0) is 22.6 Å². The van der Waals surface area contributed by atoms with Gasteiger partial charge < -0.3 is 14.4 Å². The van der Waals surface area contributed by atoms with Gasteiger partial charge in [0.15, 0.2) is 0 Å². The number of piperidine rings is 1. The first-order chi connectivity index (χ1) is 12.1. The highest BCUT2D eigenvalue weighted by atomic mass is 19.1. The van der Waals surface area contributed by atoms with E-state index < -0.39 is 5.79 Å². The number of amides is 1. The second kappa shape index (κ2) is 6.48. The molecule has 0 radical (unpaired) electrons. The Labute approximate surface area is 146 Å². The van der Waals surface area contributed by atoms with Crippen molar-refractivity contribution in [1.82, 2.24) is 4.90 Å². The van der Waals surface area contributed by atoms with Crippen molar-refractivity contribution in [2.24, 2.45) is 0 Å². The van der Waals surface area contributed by atoms with Crippen molar-refractivity contribution in [3.63, 3.8) is 0 Å². The molecule has 2 aliphatic rings. The summed E-state index contributed by atoms with van der Waals surface area (Å²) >= 11 is 0. The van der Waals surface area contributed by atoms with Crippen LogP contribution in [0.4, 0.5) is 4.39 Å². The summed E-state index contributed by atoms with van der Waals surface area (Å²) in [6.07, 6.45) is 1.59. The summed E-state index contributed by atoms with van der Waals surface area (Å²) in [5.74, 6) is 0.0153. The van der Waals surface area contributed by atoms with Gasteiger partial charge in [0.25, 0.3) is 0 Å². The molecule has 0 saturated carbocycles. The maximum absolute atomic E-state index is 13.0. The molecule has 25 heavy (non-hydrogen) atoms. The van der Waals surface area contributed by atoms with Crippen LogP contribution in [0.5, 0.6) is 5.75 Å². The van der Waals surface area contributed by atoms with Gasteiger partial charge in [-0.1, -0.05) is 30.3 Å². The summed E-state index contributed by atoms with van der Waals surface area (Å²) in [5, 5.41) is 0. The predicted molar refractivity (Wildman–Crippen MR) is 90.5 cm³/mol. The number of hydrogen-bond acceptors (Lipinski definition) is 3. The fourth-order valence-electron chi connectivity index (χ4n) is 3.39. The molecule has 1 fully saturated rings. The molecule has 0 unspecified atom stereocenters. The number of likely N-dealkylation sites (tertiary alicyclic amines) is 1. The normalized spacial score (nSPS) is 18.5. The SMILES string of the molecule is O=C(Cc1ccc(F)cc1)N1CCC2(CC1)OCc1ccccc1O2. The molecule has 4 nitrogen and oxygen atoms in total. The fourth-order valence-corrected chi connectivity index (χ4v) is 3.39. The van der Waals surface area contributed by atoms with Crippen molar-refractivity contribution in [3.05, 3.63) is 65.5 Å². The van der Waals surface area contributed by atoms with E-state index in [-0.39, 0.29) is 18.1 Å². The third-order valence-electron chi connectivity index (χ3n) is 4.91. The van der Waals surface area contributed by atoms with Crippen molar-refractivity contribution in [2.45, 2.75) is 31.7 Å². The van der Waals surface area contributed by atoms with E-state index in [0.717, 1.165) is 16.9 Å². The number of hydrogen-bond donors (Lipinski definition) is 0. The van der Waals surface area contributed by atoms with Gasteiger partial charge >= 0.3 is 0 Å². The van der Waals surface area contributed by atoms with Crippen LogP contribution >= 0.6 is 0 Å². The number of rotatable bonds is 2. The molecule has 0 atom stereocenters. The molecule has 1 spiro atoms. The third kappa shape index (κ3) is 3.37. The number of benzene rings is 2. The Morgan fingerprint density at radius 2 is 1.80 bits per heavy atom. The summed E-state index contributed by atoms with van der Waals surface area (Å²) < 4.78 is 25.1. The second-order valence-electron chi connectivity index (χ2n) is 6.59. The number of ether oxygens (including phenoxy) is 2. The molecular weight excluding hydrogens is 321 g/mol. The maximum Gasteiger partial charge on any atom is 0.226 e. The second-order valence-corrected chi connectivity index (χ2v) is 6.59. The summed E-state index contributed by atoms with van der Waals surface area (Å²) in [5.41, 5.74) is 1.88. The van der Waals surface area contributed by atoms with Crippen LogP contribution in [0.15, 0.2) is 48.5 Å². The van der Waals surface area contributed by atoms with Gasteiger partial charge in [-0.05, 0) is 23.8 Å². The molecule has 1 saturated heterocycles. The van der Waals surface area contributed by atoms with Gasteiger partial charge in [0.1, 0.15) is 11.6 Å². The third-order valence-corrected chi connectivity index (χ3v) is 4.91. The van der Waals surface area contributed by atoms with E-state index in [2.05, 4.69) is 0 Å². The first-order valence-corrected chi connectivity index (χ1v) is 8.57. The molecular formula is C20H20FNO3. The molecule has 0 aliphatic carbocycles. The Kier molecular flexibility index (Phi) is 4.17. The van der Waals surface area contributed by atoms with Crippen LogP contribution in [0.2, 0.25) is 0 Å². The fraction of sp³-hybridized carbons (Fsp3) is 0.350. The molecule has 2 heterocycles. The summed E-state index contributed by atoms with van der Waals surface area (Å²) in [6.45, 7) is 1.74. The average Bonchev–Trinajstić information content (AvgIpc) is 2.64. The van der Waals surface area contributed by atoms with E-state index in [1.54, 1.807) is 12.1 Å². The molecule has 2 aromatic rings. The van der Waals surface area contributed by atoms with Crippen molar-refractivity contribution in [2.75, 3.05) is 13.1 Å². The number of carbonyl (C=O) groups is 1. The Hall–Kier alpha value is -2.40. The first kappa shape index (κ1) is 16.1. The van der Waals surface area contributed by atoms with Crippen LogP contribution in [0.1, 0.15) is 24.0 Å². The van der Waals surface area contributed by atoms with Crippen LogP contribution < -0.4 is 4.74 Å².